The highest BCUT2D eigenvalue weighted by Crippen LogP contribution is 2.24. The number of alkyl halides is 3. The Balaban J connectivity index is 2.69. The van der Waals surface area contributed by atoms with Crippen LogP contribution in [0.3, 0.4) is 0 Å². The lowest BCUT2D eigenvalue weighted by Crippen LogP contribution is -2.35. The smallest absolute Gasteiger partial charge is 0.422 e. The van der Waals surface area contributed by atoms with Crippen molar-refractivity contribution in [3.63, 3.8) is 0 Å². The first-order valence-electron chi connectivity index (χ1n) is 6.99. The van der Waals surface area contributed by atoms with Crippen LogP contribution in [-0.4, -0.2) is 35.8 Å². The minimum atomic E-state index is -4.33. The van der Waals surface area contributed by atoms with Gasteiger partial charge >= 0.3 is 6.18 Å². The van der Waals surface area contributed by atoms with Gasteiger partial charge in [-0.3, -0.25) is 9.88 Å². The zero-order valence-electron chi connectivity index (χ0n) is 13.1. The van der Waals surface area contributed by atoms with Crippen molar-refractivity contribution in [1.29, 1.82) is 0 Å². The standard InChI is InChI=1S/C15H23F3N2O/c1-10(2)11(3)20(5)12(4)14-7-6-13(8-19-14)21-9-15(16,17)18/h6-8,10-12H,9H2,1-5H3. The van der Waals surface area contributed by atoms with Crippen molar-refractivity contribution in [3.8, 4) is 5.75 Å². The van der Waals surface area contributed by atoms with Crippen molar-refractivity contribution in [2.24, 2.45) is 5.92 Å². The molecule has 6 heteroatoms. The van der Waals surface area contributed by atoms with E-state index < -0.39 is 12.8 Å². The molecule has 1 aromatic heterocycles. The lowest BCUT2D eigenvalue weighted by Gasteiger charge is -2.33. The second kappa shape index (κ2) is 7.11. The van der Waals surface area contributed by atoms with Gasteiger partial charge in [-0.15, -0.1) is 0 Å². The molecule has 21 heavy (non-hydrogen) atoms. The molecule has 0 spiro atoms. The summed E-state index contributed by atoms with van der Waals surface area (Å²) < 4.78 is 40.9. The molecule has 0 aromatic carbocycles. The predicted molar refractivity (Wildman–Crippen MR) is 76.3 cm³/mol. The second-order valence-electron chi connectivity index (χ2n) is 5.65. The number of rotatable bonds is 6. The number of pyridine rings is 1. The van der Waals surface area contributed by atoms with Crippen LogP contribution in [0.1, 0.15) is 39.4 Å². The largest absolute Gasteiger partial charge is 0.483 e. The van der Waals surface area contributed by atoms with Crippen LogP contribution in [0.15, 0.2) is 18.3 Å². The molecule has 0 fully saturated rings. The van der Waals surface area contributed by atoms with Gasteiger partial charge in [0.25, 0.3) is 0 Å². The Bertz CT molecular complexity index is 432. The summed E-state index contributed by atoms with van der Waals surface area (Å²) in [6.07, 6.45) is -3.00. The van der Waals surface area contributed by atoms with Gasteiger partial charge in [0, 0.05) is 12.1 Å². The molecular formula is C15H23F3N2O. The lowest BCUT2D eigenvalue weighted by atomic mass is 10.0. The van der Waals surface area contributed by atoms with E-state index in [4.69, 9.17) is 0 Å². The fourth-order valence-electron chi connectivity index (χ4n) is 1.92. The highest BCUT2D eigenvalue weighted by molar-refractivity contribution is 5.21. The van der Waals surface area contributed by atoms with E-state index in [9.17, 15) is 13.2 Å². The van der Waals surface area contributed by atoms with Gasteiger partial charge in [0.15, 0.2) is 6.61 Å². The molecule has 3 nitrogen and oxygen atoms in total. The summed E-state index contributed by atoms with van der Waals surface area (Å²) in [5.74, 6) is 0.634. The van der Waals surface area contributed by atoms with Crippen molar-refractivity contribution in [1.82, 2.24) is 9.88 Å². The third-order valence-electron chi connectivity index (χ3n) is 3.81. The van der Waals surface area contributed by atoms with E-state index >= 15 is 0 Å². The zero-order valence-corrected chi connectivity index (χ0v) is 13.1. The molecule has 0 radical (unpaired) electrons. The monoisotopic (exact) mass is 304 g/mol. The van der Waals surface area contributed by atoms with Gasteiger partial charge in [-0.05, 0) is 38.9 Å². The number of nitrogens with zero attached hydrogens (tertiary/aromatic N) is 2. The van der Waals surface area contributed by atoms with Gasteiger partial charge in [0.05, 0.1) is 11.9 Å². The van der Waals surface area contributed by atoms with Crippen molar-refractivity contribution < 1.29 is 17.9 Å². The molecule has 0 bridgehead atoms. The molecular weight excluding hydrogens is 281 g/mol. The Morgan fingerprint density at radius 2 is 1.81 bits per heavy atom. The van der Waals surface area contributed by atoms with Crippen LogP contribution in [0.4, 0.5) is 13.2 Å². The normalized spacial score (nSPS) is 15.3. The zero-order chi connectivity index (χ0) is 16.2. The Kier molecular flexibility index (Phi) is 6.01. The number of ether oxygens (including phenoxy) is 1. The first-order valence-corrected chi connectivity index (χ1v) is 6.99. The molecule has 2 atom stereocenters. The van der Waals surface area contributed by atoms with Crippen LogP contribution in [0.2, 0.25) is 0 Å². The summed E-state index contributed by atoms with van der Waals surface area (Å²) in [4.78, 5) is 6.41. The van der Waals surface area contributed by atoms with Crippen LogP contribution in [0, 0.1) is 5.92 Å². The Hall–Kier alpha value is -1.30. The van der Waals surface area contributed by atoms with E-state index in [2.05, 4.69) is 35.4 Å². The molecule has 0 saturated carbocycles. The van der Waals surface area contributed by atoms with E-state index in [1.165, 1.54) is 12.3 Å². The van der Waals surface area contributed by atoms with Crippen LogP contribution < -0.4 is 4.74 Å². The molecule has 0 aliphatic rings. The lowest BCUT2D eigenvalue weighted by molar-refractivity contribution is -0.153. The topological polar surface area (TPSA) is 25.4 Å². The van der Waals surface area contributed by atoms with E-state index in [-0.39, 0.29) is 11.8 Å². The second-order valence-corrected chi connectivity index (χ2v) is 5.65. The van der Waals surface area contributed by atoms with Gasteiger partial charge in [0.1, 0.15) is 5.75 Å². The first kappa shape index (κ1) is 17.8. The molecule has 120 valence electrons. The summed E-state index contributed by atoms with van der Waals surface area (Å²) >= 11 is 0. The molecule has 0 saturated heterocycles. The van der Waals surface area contributed by atoms with Crippen LogP contribution >= 0.6 is 0 Å². The quantitative estimate of drug-likeness (QED) is 0.792. The molecule has 2 unspecified atom stereocenters. The maximum atomic E-state index is 12.1. The fraction of sp³-hybridized carbons (Fsp3) is 0.667. The van der Waals surface area contributed by atoms with E-state index in [0.717, 1.165) is 5.69 Å². The van der Waals surface area contributed by atoms with Gasteiger partial charge in [-0.25, -0.2) is 0 Å². The third-order valence-corrected chi connectivity index (χ3v) is 3.81. The summed E-state index contributed by atoms with van der Waals surface area (Å²) in [7, 11) is 2.02. The van der Waals surface area contributed by atoms with Crippen molar-refractivity contribution >= 4 is 0 Å². The van der Waals surface area contributed by atoms with Crippen molar-refractivity contribution in [2.75, 3.05) is 13.7 Å². The summed E-state index contributed by atoms with van der Waals surface area (Å²) in [5.41, 5.74) is 0.810. The van der Waals surface area contributed by atoms with Gasteiger partial charge < -0.3 is 4.74 Å². The predicted octanol–water partition coefficient (Wildman–Crippen LogP) is 4.06. The third kappa shape index (κ3) is 5.53. The highest BCUT2D eigenvalue weighted by atomic mass is 19.4. The number of aromatic nitrogens is 1. The van der Waals surface area contributed by atoms with E-state index in [0.29, 0.717) is 12.0 Å². The molecule has 0 aliphatic carbocycles. The first-order chi connectivity index (χ1) is 9.61. The van der Waals surface area contributed by atoms with E-state index in [1.807, 2.05) is 14.0 Å². The molecule has 1 aromatic rings. The minimum absolute atomic E-state index is 0.0825. The van der Waals surface area contributed by atoms with Crippen molar-refractivity contribution in [3.05, 3.63) is 24.0 Å². The maximum Gasteiger partial charge on any atom is 0.422 e. The van der Waals surface area contributed by atoms with Gasteiger partial charge in [0.2, 0.25) is 0 Å². The highest BCUT2D eigenvalue weighted by Gasteiger charge is 2.28. The summed E-state index contributed by atoms with van der Waals surface area (Å²) in [5, 5.41) is 0. The summed E-state index contributed by atoms with van der Waals surface area (Å²) in [6.45, 7) is 7.16. The summed E-state index contributed by atoms with van der Waals surface area (Å²) in [6, 6.07) is 3.69. The minimum Gasteiger partial charge on any atom is -0.483 e. The van der Waals surface area contributed by atoms with E-state index in [1.54, 1.807) is 6.07 Å². The molecule has 0 N–H and O–H groups in total. The average molecular weight is 304 g/mol. The fourth-order valence-corrected chi connectivity index (χ4v) is 1.92. The Morgan fingerprint density at radius 1 is 1.19 bits per heavy atom. The van der Waals surface area contributed by atoms with Crippen LogP contribution in [-0.2, 0) is 0 Å². The maximum absolute atomic E-state index is 12.1. The van der Waals surface area contributed by atoms with Crippen molar-refractivity contribution in [2.45, 2.75) is 46.0 Å². The average Bonchev–Trinajstić information content (AvgIpc) is 2.42. The Labute approximate surface area is 124 Å². The Morgan fingerprint density at radius 3 is 2.24 bits per heavy atom. The number of hydrogen-bond acceptors (Lipinski definition) is 3. The molecule has 0 amide bonds. The number of halogens is 3. The SMILES string of the molecule is CC(C)C(C)N(C)C(C)c1ccc(OCC(F)(F)F)cn1. The number of hydrogen-bond donors (Lipinski definition) is 0. The van der Waals surface area contributed by atoms with Gasteiger partial charge in [-0.1, -0.05) is 13.8 Å². The molecule has 1 heterocycles. The van der Waals surface area contributed by atoms with Crippen LogP contribution in [0.5, 0.6) is 5.75 Å². The molecule has 0 aliphatic heterocycles. The van der Waals surface area contributed by atoms with Crippen LogP contribution in [0.25, 0.3) is 0 Å². The molecule has 1 rings (SSSR count). The van der Waals surface area contributed by atoms with Gasteiger partial charge in [-0.2, -0.15) is 13.2 Å².